The number of carbonyl (C=O) groups excluding carboxylic acids is 1. The fourth-order valence-corrected chi connectivity index (χ4v) is 3.60. The fraction of sp³-hybridized carbons (Fsp3) is 0.421. The number of halogens is 2. The first-order valence-corrected chi connectivity index (χ1v) is 9.60. The van der Waals surface area contributed by atoms with Crippen LogP contribution in [0.25, 0.3) is 0 Å². The van der Waals surface area contributed by atoms with Crippen molar-refractivity contribution in [3.63, 3.8) is 0 Å². The Balaban J connectivity index is 1.75. The maximum atomic E-state index is 13.0. The third-order valence-corrected chi connectivity index (χ3v) is 5.35. The van der Waals surface area contributed by atoms with E-state index in [4.69, 9.17) is 27.6 Å². The van der Waals surface area contributed by atoms with Crippen LogP contribution < -0.4 is 5.32 Å². The van der Waals surface area contributed by atoms with Gasteiger partial charge in [0.05, 0.1) is 23.5 Å². The van der Waals surface area contributed by atoms with E-state index in [-0.39, 0.29) is 12.1 Å². The van der Waals surface area contributed by atoms with E-state index in [9.17, 15) is 4.79 Å². The maximum Gasteiger partial charge on any atom is 0.322 e. The molecule has 1 aromatic carbocycles. The van der Waals surface area contributed by atoms with Gasteiger partial charge < -0.3 is 19.5 Å². The van der Waals surface area contributed by atoms with Crippen molar-refractivity contribution in [1.29, 1.82) is 0 Å². The van der Waals surface area contributed by atoms with E-state index >= 15 is 0 Å². The van der Waals surface area contributed by atoms with Crippen LogP contribution in [0.1, 0.15) is 25.5 Å². The Labute approximate surface area is 163 Å². The molecule has 0 saturated carbocycles. The predicted molar refractivity (Wildman–Crippen MR) is 105 cm³/mol. The Morgan fingerprint density at radius 1 is 1.31 bits per heavy atom. The van der Waals surface area contributed by atoms with E-state index in [2.05, 4.69) is 17.1 Å². The van der Waals surface area contributed by atoms with Crippen LogP contribution in [0.2, 0.25) is 10.0 Å². The van der Waals surface area contributed by atoms with E-state index in [1.165, 1.54) is 0 Å². The summed E-state index contributed by atoms with van der Waals surface area (Å²) in [5.74, 6) is 0.760. The quantitative estimate of drug-likeness (QED) is 0.765. The number of nitrogens with zero attached hydrogens (tertiary/aromatic N) is 2. The highest BCUT2D eigenvalue weighted by atomic mass is 35.5. The molecule has 2 aromatic rings. The van der Waals surface area contributed by atoms with Crippen molar-refractivity contribution in [1.82, 2.24) is 9.80 Å². The van der Waals surface area contributed by atoms with E-state index < -0.39 is 0 Å². The summed E-state index contributed by atoms with van der Waals surface area (Å²) < 4.78 is 5.46. The molecule has 3 rings (SSSR count). The van der Waals surface area contributed by atoms with E-state index in [0.29, 0.717) is 22.3 Å². The molecule has 140 valence electrons. The van der Waals surface area contributed by atoms with Gasteiger partial charge in [0.25, 0.3) is 0 Å². The van der Waals surface area contributed by atoms with Crippen molar-refractivity contribution in [3.05, 3.63) is 52.4 Å². The number of carbonyl (C=O) groups is 1. The summed E-state index contributed by atoms with van der Waals surface area (Å²) in [5, 5.41) is 3.89. The van der Waals surface area contributed by atoms with Crippen LogP contribution in [0.4, 0.5) is 10.5 Å². The van der Waals surface area contributed by atoms with Crippen LogP contribution in [0, 0.1) is 0 Å². The highest BCUT2D eigenvalue weighted by Gasteiger charge is 2.28. The van der Waals surface area contributed by atoms with Gasteiger partial charge in [0.15, 0.2) is 0 Å². The van der Waals surface area contributed by atoms with Gasteiger partial charge in [0.2, 0.25) is 0 Å². The lowest BCUT2D eigenvalue weighted by atomic mass is 10.0. The fourth-order valence-electron chi connectivity index (χ4n) is 3.26. The molecule has 0 aliphatic carbocycles. The molecule has 7 heteroatoms. The molecule has 1 fully saturated rings. The Hall–Kier alpha value is -1.69. The molecule has 1 aliphatic heterocycles. The molecule has 0 unspecified atom stereocenters. The predicted octanol–water partition coefficient (Wildman–Crippen LogP) is 5.10. The third-order valence-electron chi connectivity index (χ3n) is 4.78. The summed E-state index contributed by atoms with van der Waals surface area (Å²) in [4.78, 5) is 17.2. The van der Waals surface area contributed by atoms with Gasteiger partial charge in [-0.05, 0) is 49.7 Å². The topological polar surface area (TPSA) is 48.7 Å². The molecule has 0 radical (unpaired) electrons. The summed E-state index contributed by atoms with van der Waals surface area (Å²) in [6, 6.07) is 8.71. The van der Waals surface area contributed by atoms with Crippen molar-refractivity contribution in [2.45, 2.75) is 32.4 Å². The second-order valence-corrected chi connectivity index (χ2v) is 7.27. The third kappa shape index (κ3) is 4.72. The van der Waals surface area contributed by atoms with Gasteiger partial charge in [-0.2, -0.15) is 0 Å². The zero-order chi connectivity index (χ0) is 18.5. The van der Waals surface area contributed by atoms with Gasteiger partial charge in [0.1, 0.15) is 5.76 Å². The summed E-state index contributed by atoms with van der Waals surface area (Å²) in [6.07, 6.45) is 3.50. The highest BCUT2D eigenvalue weighted by Crippen LogP contribution is 2.27. The molecular formula is C19H23Cl2N3O2. The maximum absolute atomic E-state index is 13.0. The number of furan rings is 1. The first-order chi connectivity index (χ1) is 12.6. The molecule has 5 nitrogen and oxygen atoms in total. The second-order valence-electron chi connectivity index (χ2n) is 6.43. The van der Waals surface area contributed by atoms with Crippen LogP contribution in [-0.4, -0.2) is 41.5 Å². The summed E-state index contributed by atoms with van der Waals surface area (Å²) in [6.45, 7) is 5.60. The molecule has 26 heavy (non-hydrogen) atoms. The van der Waals surface area contributed by atoms with E-state index in [0.717, 1.165) is 38.2 Å². The molecule has 1 N–H and O–H groups in total. The number of likely N-dealkylation sites (tertiary alicyclic amines) is 1. The molecule has 0 bridgehead atoms. The van der Waals surface area contributed by atoms with E-state index in [1.807, 2.05) is 17.0 Å². The number of anilines is 1. The lowest BCUT2D eigenvalue weighted by Gasteiger charge is -2.37. The molecule has 2 heterocycles. The van der Waals surface area contributed by atoms with Crippen molar-refractivity contribution < 1.29 is 9.21 Å². The van der Waals surface area contributed by atoms with Crippen LogP contribution in [-0.2, 0) is 6.54 Å². The Bertz CT molecular complexity index is 728. The van der Waals surface area contributed by atoms with Crippen molar-refractivity contribution in [3.8, 4) is 0 Å². The number of rotatable bonds is 5. The van der Waals surface area contributed by atoms with E-state index in [1.54, 1.807) is 24.5 Å². The van der Waals surface area contributed by atoms with Crippen LogP contribution in [0.15, 0.2) is 41.0 Å². The van der Waals surface area contributed by atoms with Crippen LogP contribution >= 0.6 is 23.2 Å². The van der Waals surface area contributed by atoms with Gasteiger partial charge in [0, 0.05) is 24.2 Å². The second kappa shape index (κ2) is 8.80. The number of benzene rings is 1. The van der Waals surface area contributed by atoms with Gasteiger partial charge >= 0.3 is 6.03 Å². The molecule has 1 aromatic heterocycles. The zero-order valence-corrected chi connectivity index (χ0v) is 16.3. The minimum Gasteiger partial charge on any atom is -0.467 e. The number of piperidine rings is 1. The smallest absolute Gasteiger partial charge is 0.322 e. The number of hydrogen-bond donors (Lipinski definition) is 1. The van der Waals surface area contributed by atoms with Crippen LogP contribution in [0.5, 0.6) is 0 Å². The summed E-state index contributed by atoms with van der Waals surface area (Å²) in [5.41, 5.74) is 0.514. The number of nitrogens with one attached hydrogen (secondary N) is 1. The Morgan fingerprint density at radius 3 is 2.73 bits per heavy atom. The van der Waals surface area contributed by atoms with Gasteiger partial charge in [-0.15, -0.1) is 0 Å². The molecule has 1 aliphatic rings. The number of amides is 2. The molecule has 1 saturated heterocycles. The van der Waals surface area contributed by atoms with Crippen molar-refractivity contribution >= 4 is 34.9 Å². The summed E-state index contributed by atoms with van der Waals surface area (Å²) >= 11 is 12.2. The summed E-state index contributed by atoms with van der Waals surface area (Å²) in [7, 11) is 0. The van der Waals surface area contributed by atoms with Gasteiger partial charge in [-0.25, -0.2) is 4.79 Å². The van der Waals surface area contributed by atoms with Crippen LogP contribution in [0.3, 0.4) is 0 Å². The molecule has 0 spiro atoms. The standard InChI is InChI=1S/C19H23Cl2N3O2/c1-2-23-9-7-15(8-10-23)24(13-16-4-3-11-26-16)19(25)22-18-12-14(20)5-6-17(18)21/h3-6,11-12,15H,2,7-10,13H2,1H3,(H,22,25). The number of urea groups is 1. The SMILES string of the molecule is CCN1CCC(N(Cc2ccco2)C(=O)Nc2cc(Cl)ccc2Cl)CC1. The average Bonchev–Trinajstić information content (AvgIpc) is 3.16. The van der Waals surface area contributed by atoms with Crippen molar-refractivity contribution in [2.24, 2.45) is 0 Å². The first-order valence-electron chi connectivity index (χ1n) is 8.84. The molecule has 0 atom stereocenters. The zero-order valence-electron chi connectivity index (χ0n) is 14.8. The first kappa shape index (κ1) is 19.1. The average molecular weight is 396 g/mol. The molecule has 2 amide bonds. The Kier molecular flexibility index (Phi) is 6.46. The Morgan fingerprint density at radius 2 is 2.08 bits per heavy atom. The molecular weight excluding hydrogens is 373 g/mol. The monoisotopic (exact) mass is 395 g/mol. The van der Waals surface area contributed by atoms with Gasteiger partial charge in [-0.3, -0.25) is 0 Å². The lowest BCUT2D eigenvalue weighted by molar-refractivity contribution is 0.121. The number of hydrogen-bond acceptors (Lipinski definition) is 3. The normalized spacial score (nSPS) is 15.8. The lowest BCUT2D eigenvalue weighted by Crippen LogP contribution is -2.48. The van der Waals surface area contributed by atoms with Crippen molar-refractivity contribution in [2.75, 3.05) is 25.0 Å². The minimum absolute atomic E-state index is 0.154. The minimum atomic E-state index is -0.194. The largest absolute Gasteiger partial charge is 0.467 e. The highest BCUT2D eigenvalue weighted by molar-refractivity contribution is 6.35. The van der Waals surface area contributed by atoms with Gasteiger partial charge in [-0.1, -0.05) is 30.1 Å².